The zero-order valence-corrected chi connectivity index (χ0v) is 12.6. The molecular formula is C17H21N3O2. The minimum absolute atomic E-state index is 0.0503. The molecule has 1 aromatic carbocycles. The van der Waals surface area contributed by atoms with E-state index in [1.807, 2.05) is 48.7 Å². The van der Waals surface area contributed by atoms with Crippen molar-refractivity contribution >= 4 is 5.91 Å². The minimum Gasteiger partial charge on any atom is -0.379 e. The highest BCUT2D eigenvalue weighted by Gasteiger charge is 2.06. The maximum Gasteiger partial charge on any atom is 0.226 e. The van der Waals surface area contributed by atoms with Crippen LogP contribution >= 0.6 is 0 Å². The van der Waals surface area contributed by atoms with Crippen molar-refractivity contribution < 1.29 is 9.53 Å². The van der Waals surface area contributed by atoms with E-state index in [4.69, 9.17) is 4.74 Å². The van der Waals surface area contributed by atoms with Crippen molar-refractivity contribution in [3.05, 3.63) is 60.9 Å². The van der Waals surface area contributed by atoms with Crippen LogP contribution in [0.25, 0.3) is 5.69 Å². The monoisotopic (exact) mass is 299 g/mol. The van der Waals surface area contributed by atoms with Crippen molar-refractivity contribution in [2.45, 2.75) is 12.8 Å². The second-order valence-electron chi connectivity index (χ2n) is 4.80. The van der Waals surface area contributed by atoms with Gasteiger partial charge in [-0.05, 0) is 24.6 Å². The zero-order valence-electron chi connectivity index (χ0n) is 12.6. The van der Waals surface area contributed by atoms with Gasteiger partial charge in [0.15, 0.2) is 0 Å². The van der Waals surface area contributed by atoms with Gasteiger partial charge in [0.1, 0.15) is 0 Å². The van der Waals surface area contributed by atoms with Gasteiger partial charge >= 0.3 is 0 Å². The average Bonchev–Trinajstić information content (AvgIpc) is 3.00. The highest BCUT2D eigenvalue weighted by molar-refractivity contribution is 5.78. The highest BCUT2D eigenvalue weighted by Crippen LogP contribution is 2.07. The lowest BCUT2D eigenvalue weighted by atomic mass is 10.3. The van der Waals surface area contributed by atoms with Gasteiger partial charge in [-0.2, -0.15) is 5.10 Å². The highest BCUT2D eigenvalue weighted by atomic mass is 16.5. The summed E-state index contributed by atoms with van der Waals surface area (Å²) in [6, 6.07) is 11.7. The van der Waals surface area contributed by atoms with Crippen LogP contribution in [-0.2, 0) is 16.0 Å². The molecule has 0 bridgehead atoms. The zero-order chi connectivity index (χ0) is 15.6. The molecule has 22 heavy (non-hydrogen) atoms. The van der Waals surface area contributed by atoms with Crippen molar-refractivity contribution in [3.63, 3.8) is 0 Å². The molecule has 0 saturated heterocycles. The van der Waals surface area contributed by atoms with Crippen molar-refractivity contribution in [1.82, 2.24) is 15.1 Å². The summed E-state index contributed by atoms with van der Waals surface area (Å²) in [7, 11) is 0. The summed E-state index contributed by atoms with van der Waals surface area (Å²) in [5.41, 5.74) is 1.72. The Hall–Kier alpha value is -2.40. The van der Waals surface area contributed by atoms with Crippen LogP contribution in [0.2, 0.25) is 0 Å². The molecule has 1 amide bonds. The van der Waals surface area contributed by atoms with Gasteiger partial charge in [-0.15, -0.1) is 6.58 Å². The van der Waals surface area contributed by atoms with Crippen LogP contribution in [0.1, 0.15) is 12.1 Å². The molecule has 1 aromatic heterocycles. The van der Waals surface area contributed by atoms with Gasteiger partial charge in [-0.1, -0.05) is 24.3 Å². The Bertz CT molecular complexity index is 593. The number of rotatable bonds is 9. The molecule has 0 atom stereocenters. The molecule has 0 spiro atoms. The first kappa shape index (κ1) is 16.0. The lowest BCUT2D eigenvalue weighted by molar-refractivity contribution is -0.120. The number of para-hydroxylation sites is 1. The van der Waals surface area contributed by atoms with Crippen LogP contribution in [0.3, 0.4) is 0 Å². The van der Waals surface area contributed by atoms with Crippen LogP contribution in [0.5, 0.6) is 0 Å². The molecule has 0 aliphatic rings. The first-order chi connectivity index (χ1) is 10.8. The van der Waals surface area contributed by atoms with Crippen LogP contribution in [0, 0.1) is 0 Å². The van der Waals surface area contributed by atoms with Gasteiger partial charge in [0, 0.05) is 12.7 Å². The predicted molar refractivity (Wildman–Crippen MR) is 85.9 cm³/mol. The fourth-order valence-corrected chi connectivity index (χ4v) is 1.94. The van der Waals surface area contributed by atoms with Gasteiger partial charge in [-0.25, -0.2) is 4.68 Å². The summed E-state index contributed by atoms with van der Waals surface area (Å²) in [6.07, 6.45) is 4.76. The standard InChI is InChI=1S/C17H21N3O2/c1-2-3-12-22-13-10-18-17(21)14-15-9-11-20(19-15)16-7-5-4-6-8-16/h2,4-9,11H,1,3,10,12-14H2,(H,18,21). The summed E-state index contributed by atoms with van der Waals surface area (Å²) in [6.45, 7) is 5.28. The Morgan fingerprint density at radius 3 is 2.86 bits per heavy atom. The fraction of sp³-hybridized carbons (Fsp3) is 0.294. The van der Waals surface area contributed by atoms with Crippen LogP contribution in [-0.4, -0.2) is 35.4 Å². The Morgan fingerprint density at radius 1 is 1.27 bits per heavy atom. The van der Waals surface area contributed by atoms with Gasteiger partial charge in [0.25, 0.3) is 0 Å². The maximum absolute atomic E-state index is 11.8. The van der Waals surface area contributed by atoms with Gasteiger partial charge < -0.3 is 10.1 Å². The molecule has 0 saturated carbocycles. The smallest absolute Gasteiger partial charge is 0.226 e. The molecule has 2 aromatic rings. The first-order valence-electron chi connectivity index (χ1n) is 7.35. The number of carbonyl (C=O) groups is 1. The number of amides is 1. The molecule has 0 aliphatic carbocycles. The summed E-state index contributed by atoms with van der Waals surface area (Å²) in [4.78, 5) is 11.8. The van der Waals surface area contributed by atoms with Crippen LogP contribution < -0.4 is 5.32 Å². The molecule has 0 radical (unpaired) electrons. The van der Waals surface area contributed by atoms with E-state index in [9.17, 15) is 4.79 Å². The number of ether oxygens (including phenoxy) is 1. The first-order valence-corrected chi connectivity index (χ1v) is 7.35. The van der Waals surface area contributed by atoms with E-state index < -0.39 is 0 Å². The van der Waals surface area contributed by atoms with Crippen molar-refractivity contribution in [2.75, 3.05) is 19.8 Å². The number of nitrogens with zero attached hydrogens (tertiary/aromatic N) is 2. The molecule has 0 unspecified atom stereocenters. The van der Waals surface area contributed by atoms with E-state index in [0.717, 1.165) is 17.8 Å². The third kappa shape index (κ3) is 5.18. The Kier molecular flexibility index (Phi) is 6.39. The fourth-order valence-electron chi connectivity index (χ4n) is 1.94. The summed E-state index contributed by atoms with van der Waals surface area (Å²) in [5, 5.41) is 7.22. The van der Waals surface area contributed by atoms with E-state index in [0.29, 0.717) is 19.8 Å². The molecule has 0 aliphatic heterocycles. The Balaban J connectivity index is 1.73. The third-order valence-electron chi connectivity index (χ3n) is 3.04. The molecule has 0 fully saturated rings. The molecule has 5 nitrogen and oxygen atoms in total. The lowest BCUT2D eigenvalue weighted by Crippen LogP contribution is -2.28. The minimum atomic E-state index is -0.0503. The van der Waals surface area contributed by atoms with E-state index in [1.54, 1.807) is 4.68 Å². The topological polar surface area (TPSA) is 56.1 Å². The average molecular weight is 299 g/mol. The van der Waals surface area contributed by atoms with Gasteiger partial charge in [0.2, 0.25) is 5.91 Å². The maximum atomic E-state index is 11.8. The predicted octanol–water partition coefficient (Wildman–Crippen LogP) is 2.12. The number of hydrogen-bond acceptors (Lipinski definition) is 3. The van der Waals surface area contributed by atoms with Crippen molar-refractivity contribution in [1.29, 1.82) is 0 Å². The molecule has 2 rings (SSSR count). The van der Waals surface area contributed by atoms with E-state index in [1.165, 1.54) is 0 Å². The Labute approximate surface area is 130 Å². The van der Waals surface area contributed by atoms with E-state index >= 15 is 0 Å². The van der Waals surface area contributed by atoms with Gasteiger partial charge in [-0.3, -0.25) is 4.79 Å². The summed E-state index contributed by atoms with van der Waals surface area (Å²) < 4.78 is 7.10. The van der Waals surface area contributed by atoms with Gasteiger partial charge in [0.05, 0.1) is 31.0 Å². The van der Waals surface area contributed by atoms with Crippen molar-refractivity contribution in [2.24, 2.45) is 0 Å². The second-order valence-corrected chi connectivity index (χ2v) is 4.80. The second kappa shape index (κ2) is 8.79. The number of nitrogens with one attached hydrogen (secondary N) is 1. The summed E-state index contributed by atoms with van der Waals surface area (Å²) in [5.74, 6) is -0.0503. The normalized spacial score (nSPS) is 10.4. The van der Waals surface area contributed by atoms with Crippen molar-refractivity contribution in [3.8, 4) is 5.69 Å². The molecule has 1 N–H and O–H groups in total. The number of benzene rings is 1. The molecule has 116 valence electrons. The van der Waals surface area contributed by atoms with E-state index in [2.05, 4.69) is 17.0 Å². The SMILES string of the molecule is C=CCCOCCNC(=O)Cc1ccn(-c2ccccc2)n1. The third-order valence-corrected chi connectivity index (χ3v) is 3.04. The largest absolute Gasteiger partial charge is 0.379 e. The Morgan fingerprint density at radius 2 is 2.09 bits per heavy atom. The number of aromatic nitrogens is 2. The quantitative estimate of drug-likeness (QED) is 0.570. The molecule has 5 heteroatoms. The molecule has 1 heterocycles. The summed E-state index contributed by atoms with van der Waals surface area (Å²) >= 11 is 0. The molecular weight excluding hydrogens is 278 g/mol. The number of carbonyl (C=O) groups excluding carboxylic acids is 1. The van der Waals surface area contributed by atoms with Crippen LogP contribution in [0.15, 0.2) is 55.3 Å². The lowest BCUT2D eigenvalue weighted by Gasteiger charge is -2.05. The van der Waals surface area contributed by atoms with Crippen LogP contribution in [0.4, 0.5) is 0 Å². The van der Waals surface area contributed by atoms with E-state index in [-0.39, 0.29) is 12.3 Å². The number of hydrogen-bond donors (Lipinski definition) is 1.